The summed E-state index contributed by atoms with van der Waals surface area (Å²) in [6, 6.07) is 14.1. The molecule has 0 saturated heterocycles. The monoisotopic (exact) mass is 296 g/mol. The number of carbonyl (C=O) groups excluding carboxylic acids is 2. The van der Waals surface area contributed by atoms with Crippen LogP contribution in [0, 0.1) is 0 Å². The third kappa shape index (κ3) is 2.88. The summed E-state index contributed by atoms with van der Waals surface area (Å²) in [5, 5.41) is 6.69. The predicted octanol–water partition coefficient (Wildman–Crippen LogP) is 1.74. The van der Waals surface area contributed by atoms with E-state index >= 15 is 0 Å². The van der Waals surface area contributed by atoms with E-state index in [1.54, 1.807) is 12.1 Å². The summed E-state index contributed by atoms with van der Waals surface area (Å²) >= 11 is 0. The molecule has 0 unspecified atom stereocenters. The average Bonchev–Trinajstić information content (AvgIpc) is 3.24. The lowest BCUT2D eigenvalue weighted by atomic mass is 10.1. The lowest BCUT2D eigenvalue weighted by Crippen LogP contribution is -2.41. The zero-order valence-corrected chi connectivity index (χ0v) is 11.4. The number of carbonyl (C=O) groups is 2. The first-order chi connectivity index (χ1) is 10.7. The number of hydrogen-bond donors (Lipinski definition) is 3. The summed E-state index contributed by atoms with van der Waals surface area (Å²) in [5.41, 5.74) is 6.30. The molecule has 1 aromatic carbocycles. The van der Waals surface area contributed by atoms with E-state index in [-0.39, 0.29) is 11.5 Å². The van der Waals surface area contributed by atoms with Crippen molar-refractivity contribution in [3.63, 3.8) is 0 Å². The topological polar surface area (TPSA) is 100 Å². The van der Waals surface area contributed by atoms with Gasteiger partial charge >= 0.3 is 5.91 Å². The molecule has 0 aliphatic carbocycles. The summed E-state index contributed by atoms with van der Waals surface area (Å²) in [4.78, 5) is 23.6. The summed E-state index contributed by atoms with van der Waals surface area (Å²) in [7, 11) is 0. The highest BCUT2D eigenvalue weighted by Crippen LogP contribution is 2.16. The highest BCUT2D eigenvalue weighted by molar-refractivity contribution is 5.97. The van der Waals surface area contributed by atoms with Crippen molar-refractivity contribution in [1.82, 2.24) is 21.0 Å². The van der Waals surface area contributed by atoms with Gasteiger partial charge < -0.3 is 4.42 Å². The fourth-order valence-corrected chi connectivity index (χ4v) is 1.85. The van der Waals surface area contributed by atoms with Gasteiger partial charge in [0, 0.05) is 5.56 Å². The average molecular weight is 296 g/mol. The Bertz CT molecular complexity index is 778. The number of nitrogens with zero attached hydrogens (tertiary/aromatic N) is 1. The number of aromatic nitrogens is 2. The minimum atomic E-state index is -0.541. The van der Waals surface area contributed by atoms with Crippen molar-refractivity contribution in [3.05, 3.63) is 66.2 Å². The molecule has 3 rings (SSSR count). The van der Waals surface area contributed by atoms with Crippen LogP contribution >= 0.6 is 0 Å². The SMILES string of the molecule is O=C(NNC(=O)c1ccco1)c1cc(-c2ccccc2)n[nH]1. The maximum Gasteiger partial charge on any atom is 0.305 e. The first kappa shape index (κ1) is 13.6. The molecule has 3 N–H and O–H groups in total. The molecule has 0 spiro atoms. The fraction of sp³-hybridized carbons (Fsp3) is 0. The van der Waals surface area contributed by atoms with Crippen LogP contribution in [-0.2, 0) is 0 Å². The number of nitrogens with one attached hydrogen (secondary N) is 3. The van der Waals surface area contributed by atoms with Crippen molar-refractivity contribution < 1.29 is 14.0 Å². The van der Waals surface area contributed by atoms with Gasteiger partial charge in [0.15, 0.2) is 5.76 Å². The second kappa shape index (κ2) is 5.96. The Balaban J connectivity index is 1.64. The van der Waals surface area contributed by atoms with Crippen molar-refractivity contribution in [2.45, 2.75) is 0 Å². The van der Waals surface area contributed by atoms with Crippen LogP contribution in [0.5, 0.6) is 0 Å². The molecule has 7 nitrogen and oxygen atoms in total. The zero-order valence-electron chi connectivity index (χ0n) is 11.4. The standard InChI is InChI=1S/C15H12N4O3/c20-14(18-19-15(21)13-7-4-8-22-13)12-9-11(16-17-12)10-5-2-1-3-6-10/h1-9H,(H,16,17)(H,18,20)(H,19,21). The van der Waals surface area contributed by atoms with Gasteiger partial charge in [0.05, 0.1) is 12.0 Å². The lowest BCUT2D eigenvalue weighted by molar-refractivity contribution is 0.0828. The number of rotatable bonds is 3. The number of H-pyrrole nitrogens is 1. The molecule has 3 aromatic rings. The van der Waals surface area contributed by atoms with Crippen molar-refractivity contribution in [2.75, 3.05) is 0 Å². The van der Waals surface area contributed by atoms with E-state index in [1.165, 1.54) is 12.3 Å². The number of aromatic amines is 1. The van der Waals surface area contributed by atoms with E-state index in [0.29, 0.717) is 5.69 Å². The molecule has 0 fully saturated rings. The van der Waals surface area contributed by atoms with Crippen LogP contribution < -0.4 is 10.9 Å². The molecular formula is C15H12N4O3. The summed E-state index contributed by atoms with van der Waals surface area (Å²) in [6.45, 7) is 0. The number of hydrogen-bond acceptors (Lipinski definition) is 4. The molecule has 0 aliphatic heterocycles. The Morgan fingerprint density at radius 3 is 2.50 bits per heavy atom. The quantitative estimate of drug-likeness (QED) is 0.641. The summed E-state index contributed by atoms with van der Waals surface area (Å²) < 4.78 is 4.91. The Morgan fingerprint density at radius 2 is 1.77 bits per heavy atom. The van der Waals surface area contributed by atoms with E-state index in [9.17, 15) is 9.59 Å². The molecule has 22 heavy (non-hydrogen) atoms. The molecule has 0 atom stereocenters. The number of furan rings is 1. The van der Waals surface area contributed by atoms with Gasteiger partial charge in [-0.15, -0.1) is 0 Å². The molecule has 2 amide bonds. The molecular weight excluding hydrogens is 284 g/mol. The van der Waals surface area contributed by atoms with Crippen molar-refractivity contribution in [3.8, 4) is 11.3 Å². The van der Waals surface area contributed by atoms with E-state index in [2.05, 4.69) is 21.0 Å². The molecule has 2 aromatic heterocycles. The molecule has 110 valence electrons. The Morgan fingerprint density at radius 1 is 1.00 bits per heavy atom. The van der Waals surface area contributed by atoms with Gasteiger partial charge in [0.1, 0.15) is 5.69 Å². The molecule has 0 bridgehead atoms. The van der Waals surface area contributed by atoms with Crippen LogP contribution in [0.3, 0.4) is 0 Å². The fourth-order valence-electron chi connectivity index (χ4n) is 1.85. The normalized spacial score (nSPS) is 10.2. The highest BCUT2D eigenvalue weighted by Gasteiger charge is 2.13. The van der Waals surface area contributed by atoms with Crippen LogP contribution in [0.2, 0.25) is 0 Å². The van der Waals surface area contributed by atoms with Crippen LogP contribution in [0.15, 0.2) is 59.2 Å². The van der Waals surface area contributed by atoms with Crippen LogP contribution in [0.1, 0.15) is 21.0 Å². The van der Waals surface area contributed by atoms with E-state index in [0.717, 1.165) is 5.56 Å². The maximum atomic E-state index is 11.9. The molecule has 7 heteroatoms. The van der Waals surface area contributed by atoms with E-state index in [4.69, 9.17) is 4.42 Å². The first-order valence-corrected chi connectivity index (χ1v) is 6.49. The van der Waals surface area contributed by atoms with Crippen molar-refractivity contribution in [1.29, 1.82) is 0 Å². The van der Waals surface area contributed by atoms with Gasteiger partial charge in [-0.2, -0.15) is 5.10 Å². The Hall–Kier alpha value is -3.35. The third-order valence-electron chi connectivity index (χ3n) is 2.93. The minimum absolute atomic E-state index is 0.106. The lowest BCUT2D eigenvalue weighted by Gasteiger charge is -2.03. The van der Waals surface area contributed by atoms with Crippen LogP contribution in [0.25, 0.3) is 11.3 Å². The van der Waals surface area contributed by atoms with Gasteiger partial charge in [-0.05, 0) is 18.2 Å². The number of hydrazine groups is 1. The largest absolute Gasteiger partial charge is 0.459 e. The van der Waals surface area contributed by atoms with Gasteiger partial charge in [-0.25, -0.2) is 0 Å². The van der Waals surface area contributed by atoms with E-state index in [1.807, 2.05) is 30.3 Å². The van der Waals surface area contributed by atoms with Gasteiger partial charge in [-0.3, -0.25) is 25.5 Å². The van der Waals surface area contributed by atoms with Crippen LogP contribution in [-0.4, -0.2) is 22.0 Å². The molecule has 0 radical (unpaired) electrons. The maximum absolute atomic E-state index is 11.9. The summed E-state index contributed by atoms with van der Waals surface area (Å²) in [6.07, 6.45) is 1.37. The molecule has 0 saturated carbocycles. The van der Waals surface area contributed by atoms with Gasteiger partial charge in [0.25, 0.3) is 5.91 Å². The second-order valence-corrected chi connectivity index (χ2v) is 4.42. The zero-order chi connectivity index (χ0) is 15.4. The first-order valence-electron chi connectivity index (χ1n) is 6.49. The molecule has 2 heterocycles. The second-order valence-electron chi connectivity index (χ2n) is 4.42. The predicted molar refractivity (Wildman–Crippen MR) is 77.7 cm³/mol. The van der Waals surface area contributed by atoms with Crippen molar-refractivity contribution >= 4 is 11.8 Å². The third-order valence-corrected chi connectivity index (χ3v) is 2.93. The Labute approximate surface area is 125 Å². The van der Waals surface area contributed by atoms with E-state index < -0.39 is 11.8 Å². The van der Waals surface area contributed by atoms with Gasteiger partial charge in [0.2, 0.25) is 0 Å². The Kier molecular flexibility index (Phi) is 3.69. The number of amides is 2. The van der Waals surface area contributed by atoms with Crippen molar-refractivity contribution in [2.24, 2.45) is 0 Å². The minimum Gasteiger partial charge on any atom is -0.459 e. The van der Waals surface area contributed by atoms with Gasteiger partial charge in [-0.1, -0.05) is 30.3 Å². The number of benzene rings is 1. The smallest absolute Gasteiger partial charge is 0.305 e. The summed E-state index contributed by atoms with van der Waals surface area (Å²) in [5.74, 6) is -0.939. The van der Waals surface area contributed by atoms with Crippen LogP contribution in [0.4, 0.5) is 0 Å². The molecule has 0 aliphatic rings. The highest BCUT2D eigenvalue weighted by atomic mass is 16.3.